The zero-order valence-electron chi connectivity index (χ0n) is 20.5. The van der Waals surface area contributed by atoms with E-state index in [0.29, 0.717) is 22.7 Å². The normalized spacial score (nSPS) is 14.9. The Bertz CT molecular complexity index is 1750. The maximum absolute atomic E-state index is 13.4. The number of aliphatic hydroxyl groups is 1. The van der Waals surface area contributed by atoms with Crippen LogP contribution in [0.2, 0.25) is 5.02 Å². The fraction of sp³-hybridized carbons (Fsp3) is 0.143. The van der Waals surface area contributed by atoms with Gasteiger partial charge in [0.15, 0.2) is 0 Å². The van der Waals surface area contributed by atoms with E-state index in [4.69, 9.17) is 11.6 Å². The van der Waals surface area contributed by atoms with Crippen molar-refractivity contribution in [3.63, 3.8) is 0 Å². The monoisotopic (exact) mass is 539 g/mol. The largest absolute Gasteiger partial charge is 0.392 e. The molecule has 0 spiro atoms. The Balaban J connectivity index is 1.30. The summed E-state index contributed by atoms with van der Waals surface area (Å²) in [5.74, 6) is 0.711. The Morgan fingerprint density at radius 2 is 1.97 bits per heavy atom. The number of aromatic amines is 1. The van der Waals surface area contributed by atoms with Crippen molar-refractivity contribution >= 4 is 24.0 Å². The maximum atomic E-state index is 13.4. The molecule has 0 bridgehead atoms. The number of pyridine rings is 1. The predicted octanol–water partition coefficient (Wildman–Crippen LogP) is 3.64. The van der Waals surface area contributed by atoms with Crippen LogP contribution in [0.1, 0.15) is 29.5 Å². The summed E-state index contributed by atoms with van der Waals surface area (Å²) in [5, 5.41) is 21.2. The highest BCUT2D eigenvalue weighted by atomic mass is 35.5. The van der Waals surface area contributed by atoms with Crippen LogP contribution < -0.4 is 5.56 Å². The number of carbonyl (C=O) groups is 1. The molecule has 11 heteroatoms. The van der Waals surface area contributed by atoms with E-state index in [1.54, 1.807) is 39.7 Å². The lowest BCUT2D eigenvalue weighted by molar-refractivity contribution is -0.105. The molecule has 1 atom stereocenters. The highest BCUT2D eigenvalue weighted by Gasteiger charge is 2.28. The van der Waals surface area contributed by atoms with Gasteiger partial charge in [-0.15, -0.1) is 5.10 Å². The quantitative estimate of drug-likeness (QED) is 0.238. The van der Waals surface area contributed by atoms with Gasteiger partial charge in [-0.05, 0) is 70.3 Å². The Labute approximate surface area is 227 Å². The average molecular weight is 540 g/mol. The fourth-order valence-corrected chi connectivity index (χ4v) is 5.14. The van der Waals surface area contributed by atoms with E-state index in [2.05, 4.69) is 25.5 Å². The molecule has 1 aliphatic rings. The number of fused-ring (bicyclic) bond motifs is 1. The lowest BCUT2D eigenvalue weighted by atomic mass is 10.0. The number of H-pyrrole nitrogens is 1. The van der Waals surface area contributed by atoms with Crippen LogP contribution in [0.4, 0.5) is 0 Å². The van der Waals surface area contributed by atoms with E-state index in [0.717, 1.165) is 52.2 Å². The summed E-state index contributed by atoms with van der Waals surface area (Å²) >= 11 is 6.30. The van der Waals surface area contributed by atoms with Crippen molar-refractivity contribution in [1.29, 1.82) is 0 Å². The third-order valence-corrected chi connectivity index (χ3v) is 7.05. The molecule has 0 amide bonds. The molecule has 0 aliphatic carbocycles. The van der Waals surface area contributed by atoms with Gasteiger partial charge in [-0.1, -0.05) is 35.9 Å². The molecule has 2 N–H and O–H groups in total. The number of aliphatic hydroxyl groups excluding tert-OH is 1. The molecule has 10 nitrogen and oxygen atoms in total. The van der Waals surface area contributed by atoms with Gasteiger partial charge < -0.3 is 14.7 Å². The molecular formula is C28H22ClN7O3. The summed E-state index contributed by atoms with van der Waals surface area (Å²) in [4.78, 5) is 32.4. The van der Waals surface area contributed by atoms with Crippen LogP contribution in [0.15, 0.2) is 77.5 Å². The summed E-state index contributed by atoms with van der Waals surface area (Å²) in [6.45, 7) is -0.307. The van der Waals surface area contributed by atoms with Crippen LogP contribution >= 0.6 is 11.6 Å². The zero-order chi connectivity index (χ0) is 26.9. The number of tetrazole rings is 1. The Hall–Kier alpha value is -4.67. The first-order valence-electron chi connectivity index (χ1n) is 12.2. The molecule has 6 rings (SSSR count). The van der Waals surface area contributed by atoms with Gasteiger partial charge in [-0.3, -0.25) is 9.59 Å². The average Bonchev–Trinajstić information content (AvgIpc) is 3.73. The number of imidazole rings is 1. The first-order chi connectivity index (χ1) is 19.0. The summed E-state index contributed by atoms with van der Waals surface area (Å²) in [5.41, 5.74) is 5.86. The standard InChI is InChI=1S/C28H22ClN7O3/c29-21-5-7-25(35-16-31-33-34-35)23(12-21)20-10-22-6-8-26(36(22)27(39)11-20)28-30-13-24(32-28)19-3-1-17(2-4-19)9-18(14-37)15-38/h1-5,7,9-14,16,26,38H,6,8,15H2,(H,30,32)/b18-9+/t26-/m0/s1. The lowest BCUT2D eigenvalue weighted by Crippen LogP contribution is -2.23. The molecule has 4 heterocycles. The van der Waals surface area contributed by atoms with Crippen LogP contribution in [0, 0.1) is 0 Å². The molecular weight excluding hydrogens is 518 g/mol. The molecule has 3 aromatic heterocycles. The minimum Gasteiger partial charge on any atom is -0.392 e. The van der Waals surface area contributed by atoms with Crippen molar-refractivity contribution in [3.8, 4) is 28.1 Å². The van der Waals surface area contributed by atoms with Crippen LogP contribution in [-0.4, -0.2) is 52.7 Å². The number of benzene rings is 2. The number of halogens is 1. The lowest BCUT2D eigenvalue weighted by Gasteiger charge is -2.15. The van der Waals surface area contributed by atoms with E-state index in [9.17, 15) is 14.7 Å². The van der Waals surface area contributed by atoms with Crippen molar-refractivity contribution in [2.24, 2.45) is 0 Å². The van der Waals surface area contributed by atoms with Crippen molar-refractivity contribution in [3.05, 3.63) is 105 Å². The number of hydrogen-bond donors (Lipinski definition) is 2. The fourth-order valence-electron chi connectivity index (χ4n) is 4.96. The molecule has 0 fully saturated rings. The van der Waals surface area contributed by atoms with Gasteiger partial charge >= 0.3 is 0 Å². The van der Waals surface area contributed by atoms with Crippen molar-refractivity contribution in [1.82, 2.24) is 34.7 Å². The second kappa shape index (κ2) is 10.2. The molecule has 2 aromatic carbocycles. The molecule has 0 saturated carbocycles. The van der Waals surface area contributed by atoms with Crippen molar-refractivity contribution in [2.45, 2.75) is 18.9 Å². The van der Waals surface area contributed by atoms with Gasteiger partial charge in [0.05, 0.1) is 30.2 Å². The van der Waals surface area contributed by atoms with E-state index < -0.39 is 0 Å². The van der Waals surface area contributed by atoms with Crippen LogP contribution in [0.5, 0.6) is 0 Å². The highest BCUT2D eigenvalue weighted by molar-refractivity contribution is 6.31. The Morgan fingerprint density at radius 3 is 2.72 bits per heavy atom. The highest BCUT2D eigenvalue weighted by Crippen LogP contribution is 2.34. The second-order valence-corrected chi connectivity index (χ2v) is 9.65. The first-order valence-corrected chi connectivity index (χ1v) is 12.6. The number of rotatable bonds is 7. The van der Waals surface area contributed by atoms with E-state index in [-0.39, 0.29) is 18.2 Å². The van der Waals surface area contributed by atoms with E-state index in [1.165, 1.54) is 6.33 Å². The Kier molecular flexibility index (Phi) is 6.47. The zero-order valence-corrected chi connectivity index (χ0v) is 21.3. The summed E-state index contributed by atoms with van der Waals surface area (Å²) in [6, 6.07) is 16.4. The molecule has 39 heavy (non-hydrogen) atoms. The van der Waals surface area contributed by atoms with Crippen molar-refractivity contribution in [2.75, 3.05) is 6.61 Å². The van der Waals surface area contributed by atoms with Gasteiger partial charge in [0.25, 0.3) is 5.56 Å². The summed E-state index contributed by atoms with van der Waals surface area (Å²) in [6.07, 6.45) is 6.99. The number of carbonyl (C=O) groups excluding carboxylic acids is 1. The minimum atomic E-state index is -0.307. The third-order valence-electron chi connectivity index (χ3n) is 6.82. The van der Waals surface area contributed by atoms with Gasteiger partial charge in [0, 0.05) is 27.9 Å². The van der Waals surface area contributed by atoms with Gasteiger partial charge in [0.2, 0.25) is 0 Å². The number of hydrogen-bond acceptors (Lipinski definition) is 7. The first kappa shape index (κ1) is 24.7. The van der Waals surface area contributed by atoms with Crippen LogP contribution in [-0.2, 0) is 11.2 Å². The molecule has 0 radical (unpaired) electrons. The second-order valence-electron chi connectivity index (χ2n) is 9.21. The van der Waals surface area contributed by atoms with E-state index >= 15 is 0 Å². The van der Waals surface area contributed by atoms with Crippen LogP contribution in [0.25, 0.3) is 34.1 Å². The third kappa shape index (κ3) is 4.71. The number of aryl methyl sites for hydroxylation is 1. The maximum Gasteiger partial charge on any atom is 0.252 e. The van der Waals surface area contributed by atoms with Gasteiger partial charge in [0.1, 0.15) is 18.4 Å². The smallest absolute Gasteiger partial charge is 0.252 e. The molecule has 1 aliphatic heterocycles. The molecule has 5 aromatic rings. The van der Waals surface area contributed by atoms with Crippen molar-refractivity contribution < 1.29 is 9.90 Å². The SMILES string of the molecule is O=C/C(=C\c1ccc(-c2cnc([C@@H]3CCc4cc(-c5cc(Cl)ccc5-n5cnnn5)cc(=O)n43)[nH]2)cc1)CO. The number of nitrogens with one attached hydrogen (secondary N) is 1. The van der Waals surface area contributed by atoms with Crippen LogP contribution in [0.3, 0.4) is 0 Å². The Morgan fingerprint density at radius 1 is 1.13 bits per heavy atom. The topological polar surface area (TPSA) is 132 Å². The number of aromatic nitrogens is 7. The minimum absolute atomic E-state index is 0.128. The predicted molar refractivity (Wildman–Crippen MR) is 145 cm³/mol. The van der Waals surface area contributed by atoms with E-state index in [1.807, 2.05) is 36.4 Å². The summed E-state index contributed by atoms with van der Waals surface area (Å²) in [7, 11) is 0. The molecule has 0 saturated heterocycles. The number of aldehydes is 1. The van der Waals surface area contributed by atoms with Gasteiger partial charge in [-0.2, -0.15) is 4.68 Å². The summed E-state index contributed by atoms with van der Waals surface area (Å²) < 4.78 is 3.33. The molecule has 194 valence electrons. The number of nitrogens with zero attached hydrogens (tertiary/aromatic N) is 6. The molecule has 0 unspecified atom stereocenters. The van der Waals surface area contributed by atoms with Gasteiger partial charge in [-0.25, -0.2) is 4.98 Å².